The van der Waals surface area contributed by atoms with Crippen LogP contribution in [0.2, 0.25) is 0 Å². The number of nitrogens with zero attached hydrogens (tertiary/aromatic N) is 2. The van der Waals surface area contributed by atoms with Gasteiger partial charge in [-0.2, -0.15) is 0 Å². The Balaban J connectivity index is 2.63. The zero-order valence-corrected chi connectivity index (χ0v) is 12.2. The number of hydrogen-bond donors (Lipinski definition) is 0. The van der Waals surface area contributed by atoms with Gasteiger partial charge in [-0.3, -0.25) is 9.78 Å². The summed E-state index contributed by atoms with van der Waals surface area (Å²) in [5, 5.41) is 0. The van der Waals surface area contributed by atoms with Crippen molar-refractivity contribution in [2.24, 2.45) is 11.8 Å². The van der Waals surface area contributed by atoms with E-state index in [0.29, 0.717) is 18.2 Å². The first kappa shape index (κ1) is 15.8. The summed E-state index contributed by atoms with van der Waals surface area (Å²) in [6.07, 6.45) is 1.09. The van der Waals surface area contributed by atoms with Crippen LogP contribution in [0, 0.1) is 17.7 Å². The third kappa shape index (κ3) is 5.07. The van der Waals surface area contributed by atoms with Gasteiger partial charge in [-0.15, -0.1) is 0 Å². The number of aromatic nitrogens is 1. The lowest BCUT2D eigenvalue weighted by Crippen LogP contribution is -2.34. The van der Waals surface area contributed by atoms with Crippen LogP contribution in [-0.2, 0) is 0 Å². The summed E-state index contributed by atoms with van der Waals surface area (Å²) >= 11 is 0. The molecule has 0 radical (unpaired) electrons. The zero-order valence-electron chi connectivity index (χ0n) is 12.2. The van der Waals surface area contributed by atoms with Crippen LogP contribution in [0.5, 0.6) is 0 Å². The highest BCUT2D eigenvalue weighted by atomic mass is 19.1. The molecule has 0 aromatic carbocycles. The van der Waals surface area contributed by atoms with E-state index in [4.69, 9.17) is 0 Å². The molecule has 106 valence electrons. The Morgan fingerprint density at radius 2 is 2.00 bits per heavy atom. The molecule has 0 N–H and O–H groups in total. The number of hydrogen-bond acceptors (Lipinski definition) is 3. The Morgan fingerprint density at radius 1 is 1.32 bits per heavy atom. The summed E-state index contributed by atoms with van der Waals surface area (Å²) in [5.41, 5.74) is 0.342. The van der Waals surface area contributed by atoms with Crippen LogP contribution in [0.25, 0.3) is 0 Å². The molecule has 1 heterocycles. The van der Waals surface area contributed by atoms with Crippen molar-refractivity contribution >= 4 is 5.78 Å². The molecule has 0 aliphatic carbocycles. The summed E-state index contributed by atoms with van der Waals surface area (Å²) in [4.78, 5) is 18.3. The third-order valence-electron chi connectivity index (χ3n) is 3.03. The summed E-state index contributed by atoms with van der Waals surface area (Å²) < 4.78 is 12.8. The van der Waals surface area contributed by atoms with Crippen LogP contribution < -0.4 is 0 Å². The van der Waals surface area contributed by atoms with Crippen molar-refractivity contribution in [1.29, 1.82) is 0 Å². The molecule has 0 amide bonds. The van der Waals surface area contributed by atoms with E-state index < -0.39 is 5.82 Å². The van der Waals surface area contributed by atoms with Crippen molar-refractivity contribution in [1.82, 2.24) is 9.88 Å². The topological polar surface area (TPSA) is 33.2 Å². The van der Waals surface area contributed by atoms with Gasteiger partial charge in [-0.1, -0.05) is 27.7 Å². The van der Waals surface area contributed by atoms with E-state index in [1.807, 2.05) is 6.92 Å². The Bertz CT molecular complexity index is 403. The first-order chi connectivity index (χ1) is 8.93. The van der Waals surface area contributed by atoms with Crippen LogP contribution in [0.3, 0.4) is 0 Å². The van der Waals surface area contributed by atoms with Crippen molar-refractivity contribution in [3.63, 3.8) is 0 Å². The van der Waals surface area contributed by atoms with Crippen LogP contribution in [0.15, 0.2) is 18.3 Å². The third-order valence-corrected chi connectivity index (χ3v) is 3.03. The molecule has 0 fully saturated rings. The first-order valence-corrected chi connectivity index (χ1v) is 6.82. The number of rotatable bonds is 7. The van der Waals surface area contributed by atoms with Gasteiger partial charge in [0.2, 0.25) is 0 Å². The second kappa shape index (κ2) is 7.34. The molecule has 0 bridgehead atoms. The monoisotopic (exact) mass is 266 g/mol. The van der Waals surface area contributed by atoms with E-state index in [9.17, 15) is 9.18 Å². The van der Waals surface area contributed by atoms with E-state index in [0.717, 1.165) is 19.3 Å². The minimum Gasteiger partial charge on any atom is -0.303 e. The van der Waals surface area contributed by atoms with Gasteiger partial charge in [0, 0.05) is 19.0 Å². The Morgan fingerprint density at radius 3 is 2.47 bits per heavy atom. The summed E-state index contributed by atoms with van der Waals surface area (Å²) in [6.45, 7) is 10.9. The minimum absolute atomic E-state index is 0.0257. The van der Waals surface area contributed by atoms with Crippen molar-refractivity contribution < 1.29 is 9.18 Å². The van der Waals surface area contributed by atoms with Gasteiger partial charge in [0.05, 0.1) is 6.20 Å². The average Bonchev–Trinajstić information content (AvgIpc) is 2.37. The number of carbonyl (C=O) groups is 1. The minimum atomic E-state index is -0.417. The molecule has 1 aromatic heterocycles. The SMILES string of the molecule is CCN(CC(C)C)CC(C)C(=O)c1ccc(F)cn1. The lowest BCUT2D eigenvalue weighted by molar-refractivity contribution is 0.0885. The Hall–Kier alpha value is -1.29. The largest absolute Gasteiger partial charge is 0.303 e. The highest BCUT2D eigenvalue weighted by molar-refractivity contribution is 5.95. The Labute approximate surface area is 114 Å². The number of pyridine rings is 1. The first-order valence-electron chi connectivity index (χ1n) is 6.82. The van der Waals surface area contributed by atoms with E-state index in [2.05, 4.69) is 30.7 Å². The normalized spacial score (nSPS) is 13.0. The highest BCUT2D eigenvalue weighted by Gasteiger charge is 2.19. The second-order valence-electron chi connectivity index (χ2n) is 5.37. The molecular formula is C15H23FN2O. The van der Waals surface area contributed by atoms with Gasteiger partial charge in [-0.25, -0.2) is 4.39 Å². The van der Waals surface area contributed by atoms with Gasteiger partial charge in [0.25, 0.3) is 0 Å². The molecule has 0 aliphatic heterocycles. The molecule has 1 rings (SSSR count). The van der Waals surface area contributed by atoms with Crippen LogP contribution in [-0.4, -0.2) is 35.3 Å². The maximum absolute atomic E-state index is 12.8. The quantitative estimate of drug-likeness (QED) is 0.711. The van der Waals surface area contributed by atoms with E-state index in [-0.39, 0.29) is 11.7 Å². The van der Waals surface area contributed by atoms with E-state index >= 15 is 0 Å². The van der Waals surface area contributed by atoms with E-state index in [1.165, 1.54) is 12.1 Å². The van der Waals surface area contributed by atoms with Crippen LogP contribution in [0.1, 0.15) is 38.2 Å². The smallest absolute Gasteiger partial charge is 0.185 e. The number of ketones is 1. The lowest BCUT2D eigenvalue weighted by Gasteiger charge is -2.25. The molecule has 0 saturated heterocycles. The Kier molecular flexibility index (Phi) is 6.09. The summed E-state index contributed by atoms with van der Waals surface area (Å²) in [7, 11) is 0. The summed E-state index contributed by atoms with van der Waals surface area (Å²) in [5.74, 6) is 0.00395. The van der Waals surface area contributed by atoms with Gasteiger partial charge >= 0.3 is 0 Å². The summed E-state index contributed by atoms with van der Waals surface area (Å²) in [6, 6.07) is 2.73. The van der Waals surface area contributed by atoms with Gasteiger partial charge < -0.3 is 4.90 Å². The van der Waals surface area contributed by atoms with Gasteiger partial charge in [0.1, 0.15) is 11.5 Å². The van der Waals surface area contributed by atoms with Crippen LogP contribution >= 0.6 is 0 Å². The predicted molar refractivity (Wildman–Crippen MR) is 74.6 cm³/mol. The van der Waals surface area contributed by atoms with Crippen molar-refractivity contribution in [3.8, 4) is 0 Å². The van der Waals surface area contributed by atoms with E-state index in [1.54, 1.807) is 0 Å². The fraction of sp³-hybridized carbons (Fsp3) is 0.600. The second-order valence-corrected chi connectivity index (χ2v) is 5.37. The van der Waals surface area contributed by atoms with Gasteiger partial charge in [0.15, 0.2) is 5.78 Å². The predicted octanol–water partition coefficient (Wildman–Crippen LogP) is 3.02. The molecule has 1 unspecified atom stereocenters. The fourth-order valence-electron chi connectivity index (χ4n) is 2.09. The number of Topliss-reactive ketones (excluding diaryl/α,β-unsaturated/α-hetero) is 1. The van der Waals surface area contributed by atoms with Crippen molar-refractivity contribution in [3.05, 3.63) is 29.8 Å². The molecule has 1 atom stereocenters. The molecule has 0 spiro atoms. The van der Waals surface area contributed by atoms with Crippen molar-refractivity contribution in [2.75, 3.05) is 19.6 Å². The molecule has 0 saturated carbocycles. The fourth-order valence-corrected chi connectivity index (χ4v) is 2.09. The zero-order chi connectivity index (χ0) is 14.4. The van der Waals surface area contributed by atoms with Gasteiger partial charge in [-0.05, 0) is 24.6 Å². The molecular weight excluding hydrogens is 243 g/mol. The standard InChI is InChI=1S/C15H23FN2O/c1-5-18(9-11(2)3)10-12(4)15(19)14-7-6-13(16)8-17-14/h6-8,11-12H,5,9-10H2,1-4H3. The molecule has 4 heteroatoms. The molecule has 1 aromatic rings. The lowest BCUT2D eigenvalue weighted by atomic mass is 10.0. The highest BCUT2D eigenvalue weighted by Crippen LogP contribution is 2.10. The molecule has 0 aliphatic rings. The van der Waals surface area contributed by atoms with Crippen LogP contribution in [0.4, 0.5) is 4.39 Å². The van der Waals surface area contributed by atoms with Crippen molar-refractivity contribution in [2.45, 2.75) is 27.7 Å². The maximum atomic E-state index is 12.8. The molecule has 3 nitrogen and oxygen atoms in total. The molecule has 19 heavy (non-hydrogen) atoms. The number of carbonyl (C=O) groups excluding carboxylic acids is 1. The maximum Gasteiger partial charge on any atom is 0.185 e. The number of halogens is 1. The average molecular weight is 266 g/mol.